The van der Waals surface area contributed by atoms with E-state index in [-0.39, 0.29) is 5.56 Å². The first-order chi connectivity index (χ1) is 10.1. The van der Waals surface area contributed by atoms with Gasteiger partial charge in [-0.1, -0.05) is 18.3 Å². The lowest BCUT2D eigenvalue weighted by atomic mass is 10.1. The quantitative estimate of drug-likeness (QED) is 0.922. The Bertz CT molecular complexity index is 715. The topological polar surface area (TPSA) is 59.8 Å². The highest BCUT2D eigenvalue weighted by molar-refractivity contribution is 7.18. The molecule has 2 aromatic heterocycles. The van der Waals surface area contributed by atoms with Crippen LogP contribution in [-0.4, -0.2) is 21.3 Å². The van der Waals surface area contributed by atoms with Crippen molar-refractivity contribution in [2.45, 2.75) is 46.1 Å². The molecular formula is C15H20N4OS. The third-order valence-corrected chi connectivity index (χ3v) is 4.61. The van der Waals surface area contributed by atoms with Crippen LogP contribution in [0.1, 0.15) is 43.5 Å². The third kappa shape index (κ3) is 2.72. The van der Waals surface area contributed by atoms with Gasteiger partial charge >= 0.3 is 0 Å². The zero-order valence-electron chi connectivity index (χ0n) is 12.6. The van der Waals surface area contributed by atoms with Gasteiger partial charge in [0.05, 0.1) is 5.56 Å². The van der Waals surface area contributed by atoms with E-state index in [0.717, 1.165) is 42.2 Å². The predicted octanol–water partition coefficient (Wildman–Crippen LogP) is 3.14. The van der Waals surface area contributed by atoms with E-state index >= 15 is 0 Å². The summed E-state index contributed by atoms with van der Waals surface area (Å²) < 4.78 is 1.92. The SMILES string of the molecule is CCCNc1nnc(-c2c(C)cc(C)n(C3CC3)c2=O)s1. The molecule has 1 saturated carbocycles. The minimum Gasteiger partial charge on any atom is -0.360 e. The molecule has 1 fully saturated rings. The molecule has 0 spiro atoms. The number of aromatic nitrogens is 3. The first kappa shape index (κ1) is 14.3. The van der Waals surface area contributed by atoms with Crippen molar-refractivity contribution in [2.24, 2.45) is 0 Å². The number of anilines is 1. The van der Waals surface area contributed by atoms with Crippen LogP contribution in [0.2, 0.25) is 0 Å². The summed E-state index contributed by atoms with van der Waals surface area (Å²) in [6.07, 6.45) is 3.23. The van der Waals surface area contributed by atoms with Crippen LogP contribution in [0.15, 0.2) is 10.9 Å². The fourth-order valence-corrected chi connectivity index (χ4v) is 3.45. The molecular weight excluding hydrogens is 284 g/mol. The molecule has 1 N–H and O–H groups in total. The normalized spacial score (nSPS) is 14.4. The molecule has 0 radical (unpaired) electrons. The number of rotatable bonds is 5. The lowest BCUT2D eigenvalue weighted by molar-refractivity contribution is 0.681. The van der Waals surface area contributed by atoms with E-state index in [9.17, 15) is 4.79 Å². The van der Waals surface area contributed by atoms with Crippen LogP contribution in [0.25, 0.3) is 10.6 Å². The molecule has 3 rings (SSSR count). The van der Waals surface area contributed by atoms with Crippen LogP contribution in [0.3, 0.4) is 0 Å². The lowest BCUT2D eigenvalue weighted by Gasteiger charge is -2.12. The summed E-state index contributed by atoms with van der Waals surface area (Å²) in [5.74, 6) is 0. The Hall–Kier alpha value is -1.69. The van der Waals surface area contributed by atoms with Crippen LogP contribution in [0, 0.1) is 13.8 Å². The Morgan fingerprint density at radius 3 is 2.81 bits per heavy atom. The Balaban J connectivity index is 2.03. The second-order valence-electron chi connectivity index (χ2n) is 5.59. The summed E-state index contributed by atoms with van der Waals surface area (Å²) >= 11 is 1.45. The molecule has 1 aliphatic rings. The van der Waals surface area contributed by atoms with Gasteiger partial charge in [0.15, 0.2) is 5.01 Å². The molecule has 0 aromatic carbocycles. The summed E-state index contributed by atoms with van der Waals surface area (Å²) in [5.41, 5.74) is 2.80. The first-order valence-electron chi connectivity index (χ1n) is 7.42. The van der Waals surface area contributed by atoms with Crippen molar-refractivity contribution in [3.8, 4) is 10.6 Å². The van der Waals surface area contributed by atoms with Crippen molar-refractivity contribution in [1.82, 2.24) is 14.8 Å². The third-order valence-electron chi connectivity index (χ3n) is 3.71. The average Bonchev–Trinajstić information content (AvgIpc) is 3.15. The molecule has 0 bridgehead atoms. The summed E-state index contributed by atoms with van der Waals surface area (Å²) in [7, 11) is 0. The van der Waals surface area contributed by atoms with Crippen LogP contribution in [-0.2, 0) is 0 Å². The van der Waals surface area contributed by atoms with Crippen molar-refractivity contribution in [3.63, 3.8) is 0 Å². The van der Waals surface area contributed by atoms with Gasteiger partial charge in [-0.2, -0.15) is 0 Å². The maximum Gasteiger partial charge on any atom is 0.261 e. The number of nitrogens with zero attached hydrogens (tertiary/aromatic N) is 3. The fourth-order valence-electron chi connectivity index (χ4n) is 2.58. The van der Waals surface area contributed by atoms with Gasteiger partial charge in [0.2, 0.25) is 5.13 Å². The lowest BCUT2D eigenvalue weighted by Crippen LogP contribution is -2.24. The van der Waals surface area contributed by atoms with Gasteiger partial charge < -0.3 is 9.88 Å². The van der Waals surface area contributed by atoms with E-state index < -0.39 is 0 Å². The molecule has 0 saturated heterocycles. The van der Waals surface area contributed by atoms with E-state index in [1.54, 1.807) is 0 Å². The second kappa shape index (κ2) is 5.60. The van der Waals surface area contributed by atoms with Crippen LogP contribution in [0.4, 0.5) is 5.13 Å². The average molecular weight is 304 g/mol. The molecule has 0 unspecified atom stereocenters. The molecule has 0 aliphatic heterocycles. The van der Waals surface area contributed by atoms with Gasteiger partial charge in [0.1, 0.15) is 0 Å². The molecule has 112 valence electrons. The summed E-state index contributed by atoms with van der Waals surface area (Å²) in [6, 6.07) is 2.46. The van der Waals surface area contributed by atoms with E-state index in [2.05, 4.69) is 28.5 Å². The number of hydrogen-bond acceptors (Lipinski definition) is 5. The van der Waals surface area contributed by atoms with Crippen LogP contribution in [0.5, 0.6) is 0 Å². The van der Waals surface area contributed by atoms with Gasteiger partial charge in [-0.15, -0.1) is 10.2 Å². The number of hydrogen-bond donors (Lipinski definition) is 1. The van der Waals surface area contributed by atoms with Crippen molar-refractivity contribution < 1.29 is 0 Å². The number of pyridine rings is 1. The van der Waals surface area contributed by atoms with Crippen LogP contribution >= 0.6 is 11.3 Å². The van der Waals surface area contributed by atoms with E-state index in [4.69, 9.17) is 0 Å². The van der Waals surface area contributed by atoms with Crippen LogP contribution < -0.4 is 10.9 Å². The van der Waals surface area contributed by atoms with E-state index in [0.29, 0.717) is 16.6 Å². The molecule has 2 aromatic rings. The molecule has 0 atom stereocenters. The Morgan fingerprint density at radius 1 is 1.38 bits per heavy atom. The van der Waals surface area contributed by atoms with Gasteiger partial charge in [0, 0.05) is 18.3 Å². The zero-order chi connectivity index (χ0) is 15.0. The molecule has 5 nitrogen and oxygen atoms in total. The fraction of sp³-hybridized carbons (Fsp3) is 0.533. The monoisotopic (exact) mass is 304 g/mol. The van der Waals surface area contributed by atoms with Crippen molar-refractivity contribution in [1.29, 1.82) is 0 Å². The number of aryl methyl sites for hydroxylation is 2. The molecule has 21 heavy (non-hydrogen) atoms. The highest BCUT2D eigenvalue weighted by Gasteiger charge is 2.28. The minimum absolute atomic E-state index is 0.0770. The predicted molar refractivity (Wildman–Crippen MR) is 86.1 cm³/mol. The maximum atomic E-state index is 12.8. The molecule has 2 heterocycles. The van der Waals surface area contributed by atoms with Gasteiger partial charge in [-0.05, 0) is 44.7 Å². The Labute approximate surface area is 128 Å². The standard InChI is InChI=1S/C15H20N4OS/c1-4-7-16-15-18-17-13(21-15)12-9(2)8-10(3)19(14(12)20)11-5-6-11/h8,11H,4-7H2,1-3H3,(H,16,18). The van der Waals surface area contributed by atoms with E-state index in [1.165, 1.54) is 11.3 Å². The van der Waals surface area contributed by atoms with Crippen molar-refractivity contribution in [2.75, 3.05) is 11.9 Å². The molecule has 0 amide bonds. The summed E-state index contributed by atoms with van der Waals surface area (Å²) in [5, 5.41) is 13.1. The summed E-state index contributed by atoms with van der Waals surface area (Å²) in [4.78, 5) is 12.8. The Kier molecular flexibility index (Phi) is 3.80. The smallest absolute Gasteiger partial charge is 0.261 e. The maximum absolute atomic E-state index is 12.8. The minimum atomic E-state index is 0.0770. The van der Waals surface area contributed by atoms with Crippen molar-refractivity contribution in [3.05, 3.63) is 27.7 Å². The van der Waals surface area contributed by atoms with Gasteiger partial charge in [0.25, 0.3) is 5.56 Å². The second-order valence-corrected chi connectivity index (χ2v) is 6.57. The van der Waals surface area contributed by atoms with Gasteiger partial charge in [-0.25, -0.2) is 0 Å². The summed E-state index contributed by atoms with van der Waals surface area (Å²) in [6.45, 7) is 6.95. The highest BCUT2D eigenvalue weighted by atomic mass is 32.1. The molecule has 1 aliphatic carbocycles. The zero-order valence-corrected chi connectivity index (χ0v) is 13.5. The largest absolute Gasteiger partial charge is 0.360 e. The number of nitrogens with one attached hydrogen (secondary N) is 1. The molecule has 6 heteroatoms. The first-order valence-corrected chi connectivity index (χ1v) is 8.24. The highest BCUT2D eigenvalue weighted by Crippen LogP contribution is 2.36. The van der Waals surface area contributed by atoms with E-state index in [1.807, 2.05) is 18.4 Å². The van der Waals surface area contributed by atoms with Crippen molar-refractivity contribution >= 4 is 16.5 Å². The Morgan fingerprint density at radius 2 is 2.14 bits per heavy atom. The van der Waals surface area contributed by atoms with Gasteiger partial charge in [-0.3, -0.25) is 4.79 Å².